The van der Waals surface area contributed by atoms with E-state index in [9.17, 15) is 36.2 Å². The number of hydrogen-bond donors (Lipinski definition) is 4. The lowest BCUT2D eigenvalue weighted by Gasteiger charge is -2.12. The van der Waals surface area contributed by atoms with Crippen LogP contribution in [0.3, 0.4) is 0 Å². The molecule has 0 aliphatic heterocycles. The minimum Gasteiger partial charge on any atom is -0.505 e. The lowest BCUT2D eigenvalue weighted by Crippen LogP contribution is -1.99. The summed E-state index contributed by atoms with van der Waals surface area (Å²) in [5, 5.41) is 40.3. The third-order valence-corrected chi connectivity index (χ3v) is 10.3. The molecule has 0 aromatic heterocycles. The fourth-order valence-electron chi connectivity index (χ4n) is 6.04. The molecule has 52 heavy (non-hydrogen) atoms. The maximum atomic E-state index is 12.2. The fraction of sp³-hybridized carbons (Fsp3) is 0.158. The minimum atomic E-state index is -4.75. The Balaban J connectivity index is 1.38. The molecule has 14 heteroatoms. The van der Waals surface area contributed by atoms with E-state index < -0.39 is 41.5 Å². The highest BCUT2D eigenvalue weighted by molar-refractivity contribution is 7.86. The van der Waals surface area contributed by atoms with Gasteiger partial charge in [0.25, 0.3) is 20.2 Å². The van der Waals surface area contributed by atoms with E-state index in [1.54, 1.807) is 60.7 Å². The SMILES string of the molecule is CCCc1cc(-c2ccc(/N=N/c3c(S(=O)(=O)O)cc4ccccc4c3O)c(CCC)c2)ccc1/N=N/c1c(S(=O)(=O)O)cc2ccccc2c1O. The molecule has 0 amide bonds. The monoisotopic (exact) mass is 738 g/mol. The van der Waals surface area contributed by atoms with Crippen LogP contribution in [0, 0.1) is 0 Å². The fourth-order valence-corrected chi connectivity index (χ4v) is 7.36. The maximum absolute atomic E-state index is 12.2. The molecule has 0 unspecified atom stereocenters. The third kappa shape index (κ3) is 7.41. The van der Waals surface area contributed by atoms with Gasteiger partial charge < -0.3 is 10.2 Å². The first-order chi connectivity index (χ1) is 24.8. The number of fused-ring (bicyclic) bond motifs is 2. The van der Waals surface area contributed by atoms with Crippen molar-refractivity contribution >= 4 is 64.5 Å². The van der Waals surface area contributed by atoms with Crippen LogP contribution in [-0.4, -0.2) is 36.2 Å². The summed E-state index contributed by atoms with van der Waals surface area (Å²) in [6.07, 6.45) is 2.74. The highest BCUT2D eigenvalue weighted by Gasteiger charge is 2.23. The molecule has 4 N–H and O–H groups in total. The number of benzene rings is 6. The van der Waals surface area contributed by atoms with Crippen LogP contribution in [0.25, 0.3) is 32.7 Å². The Hall–Kier alpha value is -5.54. The number of phenolic OH excluding ortho intramolecular Hbond substituents is 2. The summed E-state index contributed by atoms with van der Waals surface area (Å²) in [7, 11) is -9.49. The molecule has 266 valence electrons. The van der Waals surface area contributed by atoms with Crippen LogP contribution in [0.4, 0.5) is 22.7 Å². The minimum absolute atomic E-state index is 0.353. The number of azo groups is 2. The summed E-state index contributed by atoms with van der Waals surface area (Å²) >= 11 is 0. The van der Waals surface area contributed by atoms with Crippen molar-refractivity contribution in [3.8, 4) is 22.6 Å². The molecule has 6 rings (SSSR count). The number of rotatable bonds is 11. The molecule has 0 saturated carbocycles. The molecular formula is C38H34N4O8S2. The first kappa shape index (κ1) is 36.3. The van der Waals surface area contributed by atoms with Gasteiger partial charge in [-0.2, -0.15) is 27.1 Å². The first-order valence-corrected chi connectivity index (χ1v) is 19.2. The van der Waals surface area contributed by atoms with Crippen molar-refractivity contribution in [1.29, 1.82) is 0 Å². The second kappa shape index (κ2) is 14.6. The average Bonchev–Trinajstić information content (AvgIpc) is 3.11. The molecule has 0 spiro atoms. The molecule has 0 atom stereocenters. The normalized spacial score (nSPS) is 12.5. The van der Waals surface area contributed by atoms with Crippen molar-refractivity contribution in [3.05, 3.63) is 108 Å². The van der Waals surface area contributed by atoms with Crippen molar-refractivity contribution in [2.45, 2.75) is 49.3 Å². The lowest BCUT2D eigenvalue weighted by atomic mass is 9.96. The van der Waals surface area contributed by atoms with Gasteiger partial charge in [0, 0.05) is 10.8 Å². The number of aryl methyl sites for hydroxylation is 2. The summed E-state index contributed by atoms with van der Waals surface area (Å²) in [5.74, 6) is -0.845. The second-order valence-corrected chi connectivity index (χ2v) is 14.9. The second-order valence-electron chi connectivity index (χ2n) is 12.1. The summed E-state index contributed by atoms with van der Waals surface area (Å²) in [6, 6.07) is 26.7. The first-order valence-electron chi connectivity index (χ1n) is 16.3. The molecule has 6 aromatic carbocycles. The largest absolute Gasteiger partial charge is 0.505 e. The van der Waals surface area contributed by atoms with Crippen LogP contribution in [0.1, 0.15) is 37.8 Å². The van der Waals surface area contributed by atoms with E-state index >= 15 is 0 Å². The van der Waals surface area contributed by atoms with Crippen molar-refractivity contribution in [2.75, 3.05) is 0 Å². The zero-order valence-electron chi connectivity index (χ0n) is 28.1. The van der Waals surface area contributed by atoms with Crippen molar-refractivity contribution < 1.29 is 36.2 Å². The van der Waals surface area contributed by atoms with Crippen LogP contribution in [0.15, 0.2) is 127 Å². The molecule has 0 aliphatic rings. The quantitative estimate of drug-likeness (QED) is 0.0743. The van der Waals surface area contributed by atoms with Gasteiger partial charge in [-0.1, -0.05) is 87.4 Å². The van der Waals surface area contributed by atoms with Gasteiger partial charge in [0.05, 0.1) is 11.4 Å². The van der Waals surface area contributed by atoms with Gasteiger partial charge in [-0.15, -0.1) is 10.2 Å². The number of phenols is 2. The van der Waals surface area contributed by atoms with E-state index in [1.807, 2.05) is 38.1 Å². The summed E-state index contributed by atoms with van der Waals surface area (Å²) in [5.41, 5.74) is 3.45. The summed E-state index contributed by atoms with van der Waals surface area (Å²) in [6.45, 7) is 4.00. The van der Waals surface area contributed by atoms with Gasteiger partial charge in [0.1, 0.15) is 21.2 Å². The molecule has 0 fully saturated rings. The molecule has 0 aliphatic carbocycles. The third-order valence-electron chi connectivity index (χ3n) is 8.52. The van der Waals surface area contributed by atoms with E-state index in [0.717, 1.165) is 35.1 Å². The topological polar surface area (TPSA) is 199 Å². The number of hydrogen-bond acceptors (Lipinski definition) is 10. The highest BCUT2D eigenvalue weighted by Crippen LogP contribution is 2.43. The van der Waals surface area contributed by atoms with Gasteiger partial charge in [-0.05, 0) is 82.3 Å². The Morgan fingerprint density at radius 3 is 1.27 bits per heavy atom. The Labute approximate surface area is 300 Å². The van der Waals surface area contributed by atoms with Gasteiger partial charge in [0.15, 0.2) is 11.5 Å². The van der Waals surface area contributed by atoms with Crippen molar-refractivity contribution in [3.63, 3.8) is 0 Å². The molecule has 12 nitrogen and oxygen atoms in total. The van der Waals surface area contributed by atoms with Crippen molar-refractivity contribution in [2.24, 2.45) is 20.5 Å². The Kier molecular flexibility index (Phi) is 10.2. The number of nitrogens with zero attached hydrogens (tertiary/aromatic N) is 4. The van der Waals surface area contributed by atoms with Crippen LogP contribution in [0.2, 0.25) is 0 Å². The zero-order valence-corrected chi connectivity index (χ0v) is 29.7. The zero-order chi connectivity index (χ0) is 37.2. The Morgan fingerprint density at radius 1 is 0.519 bits per heavy atom. The van der Waals surface area contributed by atoms with Gasteiger partial charge in [0.2, 0.25) is 0 Å². The van der Waals surface area contributed by atoms with E-state index in [-0.39, 0.29) is 11.4 Å². The summed E-state index contributed by atoms with van der Waals surface area (Å²) in [4.78, 5) is -1.13. The van der Waals surface area contributed by atoms with Crippen LogP contribution < -0.4 is 0 Å². The highest BCUT2D eigenvalue weighted by atomic mass is 32.2. The number of aromatic hydroxyl groups is 2. The van der Waals surface area contributed by atoms with Crippen LogP contribution in [-0.2, 0) is 33.1 Å². The van der Waals surface area contributed by atoms with E-state index in [2.05, 4.69) is 20.5 Å². The van der Waals surface area contributed by atoms with Gasteiger partial charge in [-0.25, -0.2) is 0 Å². The standard InChI is InChI=1S/C38H34N4O8S2/c1-3-9-27-19-23(15-17-31(27)39-41-35-33(51(45,46)47)21-25-11-5-7-13-29(25)37(35)43)24-16-18-32(28(20-24)10-4-2)40-42-36-34(52(48,49)50)22-26-12-6-8-14-30(26)38(36)44/h5-8,11-22,43-44H,3-4,9-10H2,1-2H3,(H,45,46,47)(H,48,49,50)/b41-39+,42-40+. The molecule has 6 aromatic rings. The van der Waals surface area contributed by atoms with E-state index in [1.165, 1.54) is 12.1 Å². The van der Waals surface area contributed by atoms with Crippen molar-refractivity contribution in [1.82, 2.24) is 0 Å². The van der Waals surface area contributed by atoms with Crippen LogP contribution >= 0.6 is 0 Å². The molecule has 0 radical (unpaired) electrons. The maximum Gasteiger partial charge on any atom is 0.296 e. The van der Waals surface area contributed by atoms with E-state index in [0.29, 0.717) is 45.8 Å². The average molecular weight is 739 g/mol. The smallest absolute Gasteiger partial charge is 0.296 e. The predicted molar refractivity (Wildman–Crippen MR) is 199 cm³/mol. The molecule has 0 heterocycles. The Morgan fingerprint density at radius 2 is 0.904 bits per heavy atom. The molecular weight excluding hydrogens is 705 g/mol. The van der Waals surface area contributed by atoms with E-state index in [4.69, 9.17) is 0 Å². The lowest BCUT2D eigenvalue weighted by molar-refractivity contribution is 0.471. The van der Waals surface area contributed by atoms with Crippen LogP contribution in [0.5, 0.6) is 11.5 Å². The molecule has 0 saturated heterocycles. The predicted octanol–water partition coefficient (Wildman–Crippen LogP) is 10.3. The Bertz CT molecular complexity index is 2460. The summed E-state index contributed by atoms with van der Waals surface area (Å²) < 4.78 is 68.8. The van der Waals surface area contributed by atoms with Gasteiger partial charge in [-0.3, -0.25) is 9.11 Å². The van der Waals surface area contributed by atoms with Gasteiger partial charge >= 0.3 is 0 Å². The molecule has 0 bridgehead atoms.